The van der Waals surface area contributed by atoms with Gasteiger partial charge in [0.05, 0.1) is 39.6 Å². The Hall–Kier alpha value is -1.30. The molecule has 178 valence electrons. The van der Waals surface area contributed by atoms with E-state index in [2.05, 4.69) is 26.6 Å². The molecule has 1 saturated heterocycles. The van der Waals surface area contributed by atoms with Crippen LogP contribution < -0.4 is 20.1 Å². The summed E-state index contributed by atoms with van der Waals surface area (Å²) >= 11 is 0. The Balaban J connectivity index is 0.00000480. The zero-order valence-corrected chi connectivity index (χ0v) is 21.6. The summed E-state index contributed by atoms with van der Waals surface area (Å²) in [5.41, 5.74) is 0.323. The lowest BCUT2D eigenvalue weighted by Crippen LogP contribution is -2.48. The van der Waals surface area contributed by atoms with Gasteiger partial charge >= 0.3 is 0 Å². The number of β-amino-alcohol motifs (C(OH)–C–C–N with tert-alkyl or cyclic N) is 1. The van der Waals surface area contributed by atoms with E-state index in [-0.39, 0.29) is 24.0 Å². The molecule has 9 heteroatoms. The molecule has 1 atom stereocenters. The Kier molecular flexibility index (Phi) is 13.2. The molecule has 0 bridgehead atoms. The lowest BCUT2D eigenvalue weighted by atomic mass is 10.1. The fraction of sp³-hybridized carbons (Fsp3) is 0.682. The first-order valence-corrected chi connectivity index (χ1v) is 10.7. The molecule has 1 aromatic carbocycles. The molecule has 0 spiro atoms. The summed E-state index contributed by atoms with van der Waals surface area (Å²) in [4.78, 5) is 6.82. The van der Waals surface area contributed by atoms with Crippen LogP contribution in [0.4, 0.5) is 0 Å². The molecular formula is C22H39IN4O4. The molecule has 2 rings (SSSR count). The van der Waals surface area contributed by atoms with Gasteiger partial charge in [-0.25, -0.2) is 0 Å². The zero-order valence-electron chi connectivity index (χ0n) is 19.3. The number of aliphatic hydroxyl groups is 1. The van der Waals surface area contributed by atoms with Gasteiger partial charge in [0.25, 0.3) is 0 Å². The first kappa shape index (κ1) is 27.7. The molecule has 31 heavy (non-hydrogen) atoms. The Morgan fingerprint density at radius 1 is 1.19 bits per heavy atom. The van der Waals surface area contributed by atoms with Crippen LogP contribution in [0.25, 0.3) is 0 Å². The third-order valence-corrected chi connectivity index (χ3v) is 4.97. The van der Waals surface area contributed by atoms with E-state index >= 15 is 0 Å². The molecule has 1 aromatic rings. The van der Waals surface area contributed by atoms with Crippen molar-refractivity contribution in [3.8, 4) is 11.5 Å². The Labute approximate surface area is 203 Å². The van der Waals surface area contributed by atoms with Crippen molar-refractivity contribution in [3.05, 3.63) is 23.8 Å². The minimum Gasteiger partial charge on any atom is -0.493 e. The predicted molar refractivity (Wildman–Crippen MR) is 135 cm³/mol. The number of nitrogens with one attached hydrogen (secondary N) is 2. The summed E-state index contributed by atoms with van der Waals surface area (Å²) in [6, 6.07) is 6.01. The molecule has 8 nitrogen and oxygen atoms in total. The lowest BCUT2D eigenvalue weighted by Gasteiger charge is -2.33. The van der Waals surface area contributed by atoms with Crippen molar-refractivity contribution in [2.75, 3.05) is 66.7 Å². The van der Waals surface area contributed by atoms with Crippen molar-refractivity contribution in [1.29, 1.82) is 0 Å². The van der Waals surface area contributed by atoms with Gasteiger partial charge < -0.3 is 30.0 Å². The molecule has 0 amide bonds. The number of rotatable bonds is 11. The summed E-state index contributed by atoms with van der Waals surface area (Å²) in [7, 11) is 3.29. The molecule has 0 aromatic heterocycles. The van der Waals surface area contributed by atoms with E-state index in [1.807, 2.05) is 26.0 Å². The third kappa shape index (κ3) is 10.2. The smallest absolute Gasteiger partial charge is 0.191 e. The monoisotopic (exact) mass is 550 g/mol. The summed E-state index contributed by atoms with van der Waals surface area (Å²) in [6.07, 6.45) is 1.87. The minimum absolute atomic E-state index is 0. The molecule has 1 heterocycles. The number of benzene rings is 1. The largest absolute Gasteiger partial charge is 0.493 e. The number of ether oxygens (including phenoxy) is 3. The number of nitrogens with zero attached hydrogens (tertiary/aromatic N) is 2. The highest BCUT2D eigenvalue weighted by molar-refractivity contribution is 14.0. The van der Waals surface area contributed by atoms with Crippen LogP contribution >= 0.6 is 24.0 Å². The van der Waals surface area contributed by atoms with E-state index in [1.54, 1.807) is 14.2 Å². The summed E-state index contributed by atoms with van der Waals surface area (Å²) in [5.74, 6) is 2.22. The zero-order chi connectivity index (χ0) is 21.8. The molecule has 0 aliphatic carbocycles. The van der Waals surface area contributed by atoms with Gasteiger partial charge in [-0.05, 0) is 44.4 Å². The van der Waals surface area contributed by atoms with Gasteiger partial charge in [0, 0.05) is 32.7 Å². The first-order valence-electron chi connectivity index (χ1n) is 10.7. The lowest BCUT2D eigenvalue weighted by molar-refractivity contribution is -0.0179. The van der Waals surface area contributed by atoms with Crippen molar-refractivity contribution in [2.45, 2.75) is 32.3 Å². The maximum Gasteiger partial charge on any atom is 0.191 e. The SMILES string of the molecule is CCNC(=NCC(C)(O)CN1CCOCC1)NCCCc1ccc(OC)c(OC)c1.I. The second kappa shape index (κ2) is 14.7. The van der Waals surface area contributed by atoms with E-state index < -0.39 is 5.60 Å². The van der Waals surface area contributed by atoms with Gasteiger partial charge in [-0.3, -0.25) is 9.89 Å². The first-order chi connectivity index (χ1) is 14.5. The molecule has 1 fully saturated rings. The maximum atomic E-state index is 10.7. The summed E-state index contributed by atoms with van der Waals surface area (Å²) < 4.78 is 16.0. The highest BCUT2D eigenvalue weighted by Gasteiger charge is 2.25. The van der Waals surface area contributed by atoms with Crippen LogP contribution in [0.2, 0.25) is 0 Å². The number of morpholine rings is 1. The Morgan fingerprint density at radius 3 is 2.55 bits per heavy atom. The highest BCUT2D eigenvalue weighted by Crippen LogP contribution is 2.27. The second-order valence-corrected chi connectivity index (χ2v) is 7.80. The number of hydrogen-bond donors (Lipinski definition) is 3. The number of aliphatic imine (C=N–C) groups is 1. The van der Waals surface area contributed by atoms with Gasteiger partial charge in [0.1, 0.15) is 0 Å². The quantitative estimate of drug-likeness (QED) is 0.168. The molecular weight excluding hydrogens is 511 g/mol. The van der Waals surface area contributed by atoms with Gasteiger partial charge in [0.2, 0.25) is 0 Å². The van der Waals surface area contributed by atoms with Crippen LogP contribution in [0.5, 0.6) is 11.5 Å². The minimum atomic E-state index is -0.876. The third-order valence-electron chi connectivity index (χ3n) is 4.97. The Morgan fingerprint density at radius 2 is 1.90 bits per heavy atom. The van der Waals surface area contributed by atoms with Crippen molar-refractivity contribution in [2.24, 2.45) is 4.99 Å². The topological polar surface area (TPSA) is 87.6 Å². The van der Waals surface area contributed by atoms with Crippen LogP contribution in [0.3, 0.4) is 0 Å². The van der Waals surface area contributed by atoms with Crippen LogP contribution in [-0.4, -0.2) is 88.3 Å². The molecule has 1 unspecified atom stereocenters. The summed E-state index contributed by atoms with van der Waals surface area (Å²) in [6.45, 7) is 9.53. The van der Waals surface area contributed by atoms with Gasteiger partial charge in [-0.2, -0.15) is 0 Å². The Bertz CT molecular complexity index is 667. The average molecular weight is 550 g/mol. The molecule has 3 N–H and O–H groups in total. The van der Waals surface area contributed by atoms with Crippen molar-refractivity contribution in [1.82, 2.24) is 15.5 Å². The van der Waals surface area contributed by atoms with Crippen LogP contribution in [0, 0.1) is 0 Å². The van der Waals surface area contributed by atoms with Crippen molar-refractivity contribution in [3.63, 3.8) is 0 Å². The van der Waals surface area contributed by atoms with Crippen LogP contribution in [0.15, 0.2) is 23.2 Å². The molecule has 0 saturated carbocycles. The molecule has 1 aliphatic rings. The fourth-order valence-electron chi connectivity index (χ4n) is 3.42. The normalized spacial score (nSPS) is 16.7. The van der Waals surface area contributed by atoms with Crippen molar-refractivity contribution < 1.29 is 19.3 Å². The van der Waals surface area contributed by atoms with E-state index in [0.717, 1.165) is 69.7 Å². The number of aryl methyl sites for hydroxylation is 1. The van der Waals surface area contributed by atoms with Gasteiger partial charge in [0.15, 0.2) is 17.5 Å². The van der Waals surface area contributed by atoms with Gasteiger partial charge in [-0.1, -0.05) is 6.07 Å². The number of guanidine groups is 1. The van der Waals surface area contributed by atoms with Crippen molar-refractivity contribution >= 4 is 29.9 Å². The van der Waals surface area contributed by atoms with E-state index in [4.69, 9.17) is 14.2 Å². The standard InChI is InChI=1S/C22H38N4O4.HI/c1-5-23-21(25-16-22(2,27)17-26-11-13-30-14-12-26)24-10-6-7-18-8-9-19(28-3)20(15-18)29-4;/h8-9,15,27H,5-7,10-14,16-17H2,1-4H3,(H2,23,24,25);1H. The average Bonchev–Trinajstić information content (AvgIpc) is 2.75. The fourth-order valence-corrected chi connectivity index (χ4v) is 3.42. The maximum absolute atomic E-state index is 10.7. The van der Waals surface area contributed by atoms with E-state index in [9.17, 15) is 5.11 Å². The molecule has 0 radical (unpaired) electrons. The molecule has 1 aliphatic heterocycles. The number of halogens is 1. The second-order valence-electron chi connectivity index (χ2n) is 7.80. The highest BCUT2D eigenvalue weighted by atomic mass is 127. The van der Waals surface area contributed by atoms with E-state index in [0.29, 0.717) is 13.1 Å². The van der Waals surface area contributed by atoms with Gasteiger partial charge in [-0.15, -0.1) is 24.0 Å². The van der Waals surface area contributed by atoms with E-state index in [1.165, 1.54) is 5.56 Å². The number of methoxy groups -OCH3 is 2. The van der Waals surface area contributed by atoms with Crippen LogP contribution in [0.1, 0.15) is 25.8 Å². The van der Waals surface area contributed by atoms with Crippen LogP contribution in [-0.2, 0) is 11.2 Å². The predicted octanol–water partition coefficient (Wildman–Crippen LogP) is 1.89. The number of hydrogen-bond acceptors (Lipinski definition) is 6. The summed E-state index contributed by atoms with van der Waals surface area (Å²) in [5, 5.41) is 17.3.